The van der Waals surface area contributed by atoms with Gasteiger partial charge in [-0.05, 0) is 35.2 Å². The fraction of sp³-hybridized carbons (Fsp3) is 0.261. The second-order valence-corrected chi connectivity index (χ2v) is 7.70. The quantitative estimate of drug-likeness (QED) is 0.292. The number of alkyl halides is 5. The summed E-state index contributed by atoms with van der Waals surface area (Å²) in [5.41, 5.74) is 1.72. The van der Waals surface area contributed by atoms with Crippen LogP contribution in [0.3, 0.4) is 0 Å². The summed E-state index contributed by atoms with van der Waals surface area (Å²) < 4.78 is 67.2. The van der Waals surface area contributed by atoms with Gasteiger partial charge in [-0.1, -0.05) is 55.5 Å². The van der Waals surface area contributed by atoms with Crippen LogP contribution in [0.1, 0.15) is 31.0 Å². The third kappa shape index (κ3) is 5.55. The van der Waals surface area contributed by atoms with Gasteiger partial charge in [0.2, 0.25) is 5.82 Å². The number of tetrazole rings is 1. The van der Waals surface area contributed by atoms with Gasteiger partial charge in [-0.2, -0.15) is 27.2 Å². The zero-order chi connectivity index (χ0) is 25.2. The Morgan fingerprint density at radius 3 is 2.19 bits per heavy atom. The normalized spacial score (nSPS) is 11.8. The fourth-order valence-electron chi connectivity index (χ4n) is 3.66. The molecular weight excluding hydrogens is 492 g/mol. The molecule has 0 bridgehead atoms. The number of benzene rings is 2. The largest absolute Gasteiger partial charge is 1.00 e. The maximum absolute atomic E-state index is 14.1. The van der Waals surface area contributed by atoms with Crippen LogP contribution in [0, 0.1) is 6.92 Å². The van der Waals surface area contributed by atoms with Crippen molar-refractivity contribution in [1.82, 2.24) is 30.6 Å². The minimum absolute atomic E-state index is 0. The van der Waals surface area contributed by atoms with Gasteiger partial charge in [0.05, 0.1) is 0 Å². The van der Waals surface area contributed by atoms with Crippen molar-refractivity contribution in [3.05, 3.63) is 71.2 Å². The summed E-state index contributed by atoms with van der Waals surface area (Å²) in [5, 5.41) is 17.0. The Hall–Kier alpha value is -2.96. The Bertz CT molecular complexity index is 1320. The monoisotopic (exact) mass is 513 g/mol. The van der Waals surface area contributed by atoms with Gasteiger partial charge in [0.25, 0.3) is 0 Å². The number of anilines is 1. The van der Waals surface area contributed by atoms with Crippen molar-refractivity contribution < 1.29 is 52.9 Å². The van der Waals surface area contributed by atoms with Crippen LogP contribution in [-0.2, 0) is 18.9 Å². The van der Waals surface area contributed by atoms with E-state index < -0.39 is 17.8 Å². The third-order valence-corrected chi connectivity index (χ3v) is 5.36. The summed E-state index contributed by atoms with van der Waals surface area (Å²) in [6.07, 6.45) is -5.86. The Balaban J connectivity index is 0.00000241. The molecule has 0 saturated heterocycles. The molecule has 0 radical (unpaired) electrons. The zero-order valence-electron chi connectivity index (χ0n) is 20.7. The molecule has 0 fully saturated rings. The van der Waals surface area contributed by atoms with E-state index in [1.165, 1.54) is 13.8 Å². The van der Waals surface area contributed by atoms with Gasteiger partial charge in [0, 0.05) is 17.7 Å². The van der Waals surface area contributed by atoms with Gasteiger partial charge in [0.1, 0.15) is 17.3 Å². The third-order valence-electron chi connectivity index (χ3n) is 5.36. The van der Waals surface area contributed by atoms with Crippen LogP contribution in [0.15, 0.2) is 48.5 Å². The van der Waals surface area contributed by atoms with Crippen molar-refractivity contribution in [2.45, 2.75) is 38.9 Å². The van der Waals surface area contributed by atoms with E-state index in [9.17, 15) is 22.0 Å². The first kappa shape index (κ1) is 27.6. The summed E-state index contributed by atoms with van der Waals surface area (Å²) in [6.45, 7) is 2.91. The molecular formula is C23H21F5N7Na. The predicted octanol–water partition coefficient (Wildman–Crippen LogP) is 2.58. The number of hydrogen-bond donors (Lipinski definition) is 2. The van der Waals surface area contributed by atoms with Gasteiger partial charge in [0.15, 0.2) is 0 Å². The summed E-state index contributed by atoms with van der Waals surface area (Å²) in [5.74, 6) is -4.87. The van der Waals surface area contributed by atoms with Crippen molar-refractivity contribution in [2.75, 3.05) is 5.32 Å². The second kappa shape index (κ2) is 11.0. The van der Waals surface area contributed by atoms with Crippen LogP contribution in [-0.4, -0.2) is 36.8 Å². The molecule has 0 unspecified atom stereocenters. The summed E-state index contributed by atoms with van der Waals surface area (Å²) >= 11 is 0. The van der Waals surface area contributed by atoms with E-state index in [2.05, 4.69) is 35.9 Å². The molecule has 0 spiro atoms. The minimum atomic E-state index is -5.76. The Kier molecular flexibility index (Phi) is 8.42. The number of aromatic nitrogens is 6. The molecule has 13 heteroatoms. The molecule has 4 aromatic rings. The molecule has 0 aliphatic rings. The van der Waals surface area contributed by atoms with Crippen molar-refractivity contribution in [3.63, 3.8) is 0 Å². The molecule has 0 amide bonds. The minimum Gasteiger partial charge on any atom is -1.00 e. The number of hydrogen-bond acceptors (Lipinski definition) is 6. The van der Waals surface area contributed by atoms with Crippen molar-refractivity contribution in [1.29, 1.82) is 0 Å². The Labute approximate surface area is 226 Å². The average Bonchev–Trinajstić information content (AvgIpc) is 3.37. The first-order chi connectivity index (χ1) is 16.6. The van der Waals surface area contributed by atoms with E-state index in [1.54, 1.807) is 0 Å². The molecule has 4 rings (SSSR count). The number of rotatable bonds is 7. The van der Waals surface area contributed by atoms with Gasteiger partial charge in [-0.3, -0.25) is 0 Å². The molecule has 36 heavy (non-hydrogen) atoms. The van der Waals surface area contributed by atoms with Crippen molar-refractivity contribution >= 4 is 5.82 Å². The summed E-state index contributed by atoms with van der Waals surface area (Å²) in [6, 6.07) is 14.9. The van der Waals surface area contributed by atoms with E-state index in [-0.39, 0.29) is 61.2 Å². The van der Waals surface area contributed by atoms with Crippen LogP contribution in [0.25, 0.3) is 22.5 Å². The van der Waals surface area contributed by atoms with E-state index in [0.717, 1.165) is 22.3 Å². The van der Waals surface area contributed by atoms with Gasteiger partial charge in [-0.15, -0.1) is 10.2 Å². The standard InChI is InChI=1S/C23H20F5N7.Na.H/c1-3-16-19(22(24,25)23(26,27)28)30-13(2)31-20(16)29-12-14-8-10-15(11-9-14)17-6-4-5-7-18(17)21-32-34-35-33-21;;/h4-11H,3,12H2,1-2H3,(H,29,30,31)(H,32,33,34,35);;/q;+1;-1. The number of aryl methyl sites for hydroxylation is 1. The molecule has 0 aliphatic heterocycles. The molecule has 0 aliphatic carbocycles. The van der Waals surface area contributed by atoms with Gasteiger partial charge >= 0.3 is 41.7 Å². The van der Waals surface area contributed by atoms with Crippen LogP contribution in [0.2, 0.25) is 0 Å². The van der Waals surface area contributed by atoms with Gasteiger partial charge < -0.3 is 6.74 Å². The molecule has 2 N–H and O–H groups in total. The molecule has 0 atom stereocenters. The van der Waals surface area contributed by atoms with E-state index >= 15 is 0 Å². The van der Waals surface area contributed by atoms with Crippen molar-refractivity contribution in [2.24, 2.45) is 0 Å². The van der Waals surface area contributed by atoms with Crippen LogP contribution < -0.4 is 34.9 Å². The van der Waals surface area contributed by atoms with E-state index in [0.29, 0.717) is 5.82 Å². The number of nitrogens with zero attached hydrogens (tertiary/aromatic N) is 5. The fourth-order valence-corrected chi connectivity index (χ4v) is 3.66. The van der Waals surface area contributed by atoms with Crippen LogP contribution >= 0.6 is 0 Å². The number of aromatic amines is 1. The number of halogens is 5. The van der Waals surface area contributed by atoms with Crippen LogP contribution in [0.5, 0.6) is 0 Å². The molecule has 2 heterocycles. The SMILES string of the molecule is CCc1c(NCc2ccc(-c3ccccc3-c3nn[nH]n3)cc2)nc(C)nc1C(F)(F)C(F)(F)F.[H-].[Na+]. The summed E-state index contributed by atoms with van der Waals surface area (Å²) in [4.78, 5) is 7.51. The topological polar surface area (TPSA) is 92.3 Å². The predicted molar refractivity (Wildman–Crippen MR) is 120 cm³/mol. The van der Waals surface area contributed by atoms with E-state index in [1.807, 2.05) is 48.5 Å². The molecule has 184 valence electrons. The first-order valence-corrected chi connectivity index (χ1v) is 10.6. The Morgan fingerprint density at radius 2 is 1.61 bits per heavy atom. The summed E-state index contributed by atoms with van der Waals surface area (Å²) in [7, 11) is 0. The zero-order valence-corrected chi connectivity index (χ0v) is 21.7. The maximum atomic E-state index is 14.1. The average molecular weight is 513 g/mol. The number of nitrogens with one attached hydrogen (secondary N) is 2. The van der Waals surface area contributed by atoms with E-state index in [4.69, 9.17) is 0 Å². The molecule has 2 aromatic carbocycles. The maximum Gasteiger partial charge on any atom is 1.00 e. The smallest absolute Gasteiger partial charge is 1.00 e. The Morgan fingerprint density at radius 1 is 0.944 bits per heavy atom. The molecule has 7 nitrogen and oxygen atoms in total. The molecule has 2 aromatic heterocycles. The van der Waals surface area contributed by atoms with Gasteiger partial charge in [-0.25, -0.2) is 9.97 Å². The second-order valence-electron chi connectivity index (χ2n) is 7.70. The van der Waals surface area contributed by atoms with Crippen LogP contribution in [0.4, 0.5) is 27.8 Å². The first-order valence-electron chi connectivity index (χ1n) is 10.6. The molecule has 0 saturated carbocycles. The van der Waals surface area contributed by atoms with Crippen molar-refractivity contribution in [3.8, 4) is 22.5 Å². The number of H-pyrrole nitrogens is 1.